The maximum absolute atomic E-state index is 12.4. The number of rotatable bonds is 4. The van der Waals surface area contributed by atoms with Crippen molar-refractivity contribution in [2.45, 2.75) is 0 Å². The molecule has 0 spiro atoms. The number of nitrogens with zero attached hydrogens (tertiary/aromatic N) is 1. The molecule has 146 valence electrons. The van der Waals surface area contributed by atoms with E-state index in [-0.39, 0.29) is 5.91 Å². The molecule has 2 aromatic carbocycles. The highest BCUT2D eigenvalue weighted by atomic mass is 16.5. The first-order chi connectivity index (χ1) is 13.6. The van der Waals surface area contributed by atoms with Crippen molar-refractivity contribution < 1.29 is 23.9 Å². The molecule has 8 nitrogen and oxygen atoms in total. The molecule has 1 aliphatic heterocycles. The summed E-state index contributed by atoms with van der Waals surface area (Å²) >= 11 is 0. The maximum Gasteiger partial charge on any atom is 0.337 e. The zero-order valence-corrected chi connectivity index (χ0v) is 15.4. The second-order valence-corrected chi connectivity index (χ2v) is 6.13. The van der Waals surface area contributed by atoms with Crippen LogP contribution in [0.15, 0.2) is 48.5 Å². The van der Waals surface area contributed by atoms with E-state index in [0.717, 1.165) is 0 Å². The Labute approximate surface area is 162 Å². The number of carbonyl (C=O) groups excluding carboxylic acids is 3. The van der Waals surface area contributed by atoms with Crippen LogP contribution in [-0.4, -0.2) is 56.2 Å². The van der Waals surface area contributed by atoms with Gasteiger partial charge in [-0.15, -0.1) is 0 Å². The van der Waals surface area contributed by atoms with Gasteiger partial charge in [0, 0.05) is 30.0 Å². The van der Waals surface area contributed by atoms with Gasteiger partial charge in [-0.1, -0.05) is 0 Å². The van der Waals surface area contributed by atoms with Gasteiger partial charge in [0.05, 0.1) is 25.9 Å². The molecule has 2 N–H and O–H groups in total. The van der Waals surface area contributed by atoms with Crippen LogP contribution < -0.4 is 10.6 Å². The van der Waals surface area contributed by atoms with Gasteiger partial charge in [0.25, 0.3) is 5.91 Å². The van der Waals surface area contributed by atoms with Crippen LogP contribution >= 0.6 is 0 Å². The van der Waals surface area contributed by atoms with Crippen LogP contribution in [-0.2, 0) is 9.47 Å². The van der Waals surface area contributed by atoms with Crippen LogP contribution in [0.1, 0.15) is 20.7 Å². The second-order valence-electron chi connectivity index (χ2n) is 6.13. The smallest absolute Gasteiger partial charge is 0.337 e. The van der Waals surface area contributed by atoms with Crippen molar-refractivity contribution in [2.75, 3.05) is 44.0 Å². The van der Waals surface area contributed by atoms with Gasteiger partial charge >= 0.3 is 12.0 Å². The fraction of sp³-hybridized carbons (Fsp3) is 0.250. The third-order valence-electron chi connectivity index (χ3n) is 4.25. The molecule has 0 atom stereocenters. The molecular formula is C20H21N3O5. The van der Waals surface area contributed by atoms with Gasteiger partial charge in [0.2, 0.25) is 0 Å². The molecule has 28 heavy (non-hydrogen) atoms. The van der Waals surface area contributed by atoms with Crippen LogP contribution in [0.2, 0.25) is 0 Å². The Morgan fingerprint density at radius 1 is 0.857 bits per heavy atom. The van der Waals surface area contributed by atoms with E-state index in [1.165, 1.54) is 7.11 Å². The number of benzene rings is 2. The molecule has 8 heteroatoms. The molecule has 1 fully saturated rings. The van der Waals surface area contributed by atoms with Crippen molar-refractivity contribution in [1.29, 1.82) is 0 Å². The highest BCUT2D eigenvalue weighted by Crippen LogP contribution is 2.14. The topological polar surface area (TPSA) is 97.0 Å². The Bertz CT molecular complexity index is 843. The second kappa shape index (κ2) is 9.01. The van der Waals surface area contributed by atoms with Crippen LogP contribution in [0.3, 0.4) is 0 Å². The van der Waals surface area contributed by atoms with Gasteiger partial charge in [-0.05, 0) is 48.5 Å². The lowest BCUT2D eigenvalue weighted by Gasteiger charge is -2.26. The van der Waals surface area contributed by atoms with E-state index >= 15 is 0 Å². The molecule has 0 aliphatic carbocycles. The minimum Gasteiger partial charge on any atom is -0.465 e. The number of morpholine rings is 1. The van der Waals surface area contributed by atoms with Crippen LogP contribution in [0.25, 0.3) is 0 Å². The minimum atomic E-state index is -0.442. The van der Waals surface area contributed by atoms with E-state index in [0.29, 0.717) is 48.8 Å². The van der Waals surface area contributed by atoms with E-state index in [2.05, 4.69) is 15.4 Å². The van der Waals surface area contributed by atoms with Gasteiger partial charge in [-0.2, -0.15) is 0 Å². The van der Waals surface area contributed by atoms with Crippen molar-refractivity contribution in [3.8, 4) is 0 Å². The largest absolute Gasteiger partial charge is 0.465 e. The Kier molecular flexibility index (Phi) is 6.23. The molecule has 0 unspecified atom stereocenters. The van der Waals surface area contributed by atoms with Crippen LogP contribution in [0.4, 0.5) is 16.2 Å². The van der Waals surface area contributed by atoms with Crippen molar-refractivity contribution in [1.82, 2.24) is 4.90 Å². The third kappa shape index (κ3) is 4.86. The number of anilines is 2. The first-order valence-electron chi connectivity index (χ1n) is 8.80. The number of esters is 1. The molecule has 1 aliphatic rings. The summed E-state index contributed by atoms with van der Waals surface area (Å²) in [6, 6.07) is 12.6. The fourth-order valence-corrected chi connectivity index (χ4v) is 2.75. The molecule has 0 aromatic heterocycles. The van der Waals surface area contributed by atoms with Crippen LogP contribution in [0, 0.1) is 0 Å². The normalized spacial score (nSPS) is 13.5. The minimum absolute atomic E-state index is 0.0509. The number of hydrogen-bond acceptors (Lipinski definition) is 5. The summed E-state index contributed by atoms with van der Waals surface area (Å²) in [5.41, 5.74) is 2.05. The monoisotopic (exact) mass is 383 g/mol. The van der Waals surface area contributed by atoms with Crippen LogP contribution in [0.5, 0.6) is 0 Å². The summed E-state index contributed by atoms with van der Waals surface area (Å²) in [6.07, 6.45) is 0. The average Bonchev–Trinajstić information content (AvgIpc) is 2.74. The van der Waals surface area contributed by atoms with Gasteiger partial charge in [0.15, 0.2) is 0 Å². The Morgan fingerprint density at radius 3 is 1.86 bits per heavy atom. The molecular weight excluding hydrogens is 362 g/mol. The highest BCUT2D eigenvalue weighted by Gasteiger charge is 2.18. The summed E-state index contributed by atoms with van der Waals surface area (Å²) in [7, 11) is 1.31. The van der Waals surface area contributed by atoms with Crippen molar-refractivity contribution in [2.24, 2.45) is 0 Å². The molecule has 1 saturated heterocycles. The zero-order chi connectivity index (χ0) is 19.9. The first kappa shape index (κ1) is 19.4. The fourth-order valence-electron chi connectivity index (χ4n) is 2.75. The first-order valence-corrected chi connectivity index (χ1v) is 8.80. The van der Waals surface area contributed by atoms with Crippen molar-refractivity contribution in [3.05, 3.63) is 59.7 Å². The Morgan fingerprint density at radius 2 is 1.36 bits per heavy atom. The molecule has 3 rings (SSSR count). The lowest BCUT2D eigenvalue weighted by Crippen LogP contribution is -2.40. The molecule has 0 radical (unpaired) electrons. The van der Waals surface area contributed by atoms with Gasteiger partial charge in [-0.3, -0.25) is 4.79 Å². The number of amides is 3. The SMILES string of the molecule is COC(=O)c1ccc(NC(=O)Nc2ccc(C(=O)N3CCOCC3)cc2)cc1. The summed E-state index contributed by atoms with van der Waals surface area (Å²) in [6.45, 7) is 2.25. The standard InChI is InChI=1S/C20H21N3O5/c1-27-19(25)15-4-8-17(9-5-15)22-20(26)21-16-6-2-14(3-7-16)18(24)23-10-12-28-13-11-23/h2-9H,10-13H2,1H3,(H2,21,22,26). The number of carbonyl (C=O) groups is 3. The van der Waals surface area contributed by atoms with Gasteiger partial charge in [-0.25, -0.2) is 9.59 Å². The van der Waals surface area contributed by atoms with Gasteiger partial charge < -0.3 is 25.0 Å². The van der Waals surface area contributed by atoms with E-state index in [9.17, 15) is 14.4 Å². The van der Waals surface area contributed by atoms with Gasteiger partial charge in [0.1, 0.15) is 0 Å². The van der Waals surface area contributed by atoms with E-state index in [1.54, 1.807) is 53.4 Å². The number of ether oxygens (including phenoxy) is 2. The number of nitrogens with one attached hydrogen (secondary N) is 2. The molecule has 2 aromatic rings. The predicted octanol–water partition coefficient (Wildman–Crippen LogP) is 2.59. The average molecular weight is 383 g/mol. The summed E-state index contributed by atoms with van der Waals surface area (Å²) in [4.78, 5) is 37.7. The van der Waals surface area contributed by atoms with E-state index in [1.807, 2.05) is 0 Å². The third-order valence-corrected chi connectivity index (χ3v) is 4.25. The number of methoxy groups -OCH3 is 1. The lowest BCUT2D eigenvalue weighted by atomic mass is 10.1. The Balaban J connectivity index is 1.55. The van der Waals surface area contributed by atoms with Crippen molar-refractivity contribution in [3.63, 3.8) is 0 Å². The van der Waals surface area contributed by atoms with E-state index < -0.39 is 12.0 Å². The molecule has 1 heterocycles. The lowest BCUT2D eigenvalue weighted by molar-refractivity contribution is 0.0303. The summed E-state index contributed by atoms with van der Waals surface area (Å²) in [5.74, 6) is -0.493. The predicted molar refractivity (Wildman–Crippen MR) is 104 cm³/mol. The number of hydrogen-bond donors (Lipinski definition) is 2. The molecule has 3 amide bonds. The molecule has 0 bridgehead atoms. The Hall–Kier alpha value is -3.39. The summed E-state index contributed by atoms with van der Waals surface area (Å²) in [5, 5.41) is 5.37. The quantitative estimate of drug-likeness (QED) is 0.791. The highest BCUT2D eigenvalue weighted by molar-refractivity contribution is 6.01. The van der Waals surface area contributed by atoms with E-state index in [4.69, 9.17) is 4.74 Å². The zero-order valence-electron chi connectivity index (χ0n) is 15.4. The maximum atomic E-state index is 12.4. The summed E-state index contributed by atoms with van der Waals surface area (Å²) < 4.78 is 9.88. The number of urea groups is 1. The van der Waals surface area contributed by atoms with Crippen molar-refractivity contribution >= 4 is 29.3 Å². The molecule has 0 saturated carbocycles.